The molecule has 0 spiro atoms. The number of benzene rings is 1. The van der Waals surface area contributed by atoms with Crippen molar-refractivity contribution >= 4 is 5.91 Å². The Morgan fingerprint density at radius 3 is 2.56 bits per heavy atom. The van der Waals surface area contributed by atoms with Crippen molar-refractivity contribution in [2.24, 2.45) is 0 Å². The number of alkyl halides is 2. The summed E-state index contributed by atoms with van der Waals surface area (Å²) in [5, 5.41) is 8.41. The van der Waals surface area contributed by atoms with Crippen LogP contribution < -0.4 is 4.74 Å². The van der Waals surface area contributed by atoms with Gasteiger partial charge in [0, 0.05) is 19.2 Å². The Labute approximate surface area is 103 Å². The summed E-state index contributed by atoms with van der Waals surface area (Å²) in [5.41, 5.74) is 0.358. The highest BCUT2D eigenvalue weighted by molar-refractivity contribution is 5.94. The van der Waals surface area contributed by atoms with Gasteiger partial charge in [-0.3, -0.25) is 4.79 Å². The molecule has 1 rings (SSSR count). The molecule has 6 heteroatoms. The van der Waals surface area contributed by atoms with Crippen LogP contribution >= 0.6 is 0 Å². The molecule has 0 bridgehead atoms. The maximum Gasteiger partial charge on any atom is 0.387 e. The molecule has 0 N–H and O–H groups in total. The summed E-state index contributed by atoms with van der Waals surface area (Å²) in [7, 11) is 1.57. The molecule has 0 atom stereocenters. The molecule has 96 valence electrons. The van der Waals surface area contributed by atoms with Crippen LogP contribution in [0.15, 0.2) is 24.3 Å². The Morgan fingerprint density at radius 1 is 1.44 bits per heavy atom. The molecule has 1 aromatic carbocycles. The smallest absolute Gasteiger partial charge is 0.387 e. The topological polar surface area (TPSA) is 53.3 Å². The van der Waals surface area contributed by atoms with Gasteiger partial charge < -0.3 is 9.64 Å². The van der Waals surface area contributed by atoms with E-state index in [1.54, 1.807) is 7.05 Å². The normalized spacial score (nSPS) is 9.94. The highest BCUT2D eigenvalue weighted by atomic mass is 19.3. The standard InChI is InChI=1S/C12H12F2N2O2/c1-16(8-2-7-15)11(17)9-3-5-10(6-4-9)18-12(13)14/h3-6,12H,2,8H2,1H3. The summed E-state index contributed by atoms with van der Waals surface area (Å²) in [4.78, 5) is 13.2. The Morgan fingerprint density at radius 2 is 2.06 bits per heavy atom. The zero-order valence-corrected chi connectivity index (χ0v) is 9.77. The first-order chi connectivity index (χ1) is 8.54. The van der Waals surface area contributed by atoms with Crippen molar-refractivity contribution in [1.29, 1.82) is 5.26 Å². The summed E-state index contributed by atoms with van der Waals surface area (Å²) in [6.07, 6.45) is 0.245. The molecule has 0 radical (unpaired) electrons. The molecule has 0 aliphatic carbocycles. The summed E-state index contributed by atoms with van der Waals surface area (Å²) in [5.74, 6) is -0.268. The monoisotopic (exact) mass is 254 g/mol. The third-order valence-electron chi connectivity index (χ3n) is 2.23. The summed E-state index contributed by atoms with van der Waals surface area (Å²) in [6.45, 7) is -2.56. The van der Waals surface area contributed by atoms with E-state index in [9.17, 15) is 13.6 Å². The number of rotatable bonds is 5. The fraction of sp³-hybridized carbons (Fsp3) is 0.333. The SMILES string of the molecule is CN(CCC#N)C(=O)c1ccc(OC(F)F)cc1. The van der Waals surface area contributed by atoms with Crippen LogP contribution in [0.1, 0.15) is 16.8 Å². The zero-order valence-electron chi connectivity index (χ0n) is 9.77. The molecule has 0 heterocycles. The summed E-state index contributed by atoms with van der Waals surface area (Å²) < 4.78 is 28.0. The number of ether oxygens (including phenoxy) is 1. The number of nitrogens with zero attached hydrogens (tertiary/aromatic N) is 2. The van der Waals surface area contributed by atoms with Gasteiger partial charge in [-0.1, -0.05) is 0 Å². The van der Waals surface area contributed by atoms with Gasteiger partial charge in [0.1, 0.15) is 5.75 Å². The van der Waals surface area contributed by atoms with E-state index >= 15 is 0 Å². The number of carbonyl (C=O) groups excluding carboxylic acids is 1. The van der Waals surface area contributed by atoms with Gasteiger partial charge in [-0.25, -0.2) is 0 Å². The van der Waals surface area contributed by atoms with E-state index < -0.39 is 6.61 Å². The van der Waals surface area contributed by atoms with Crippen molar-refractivity contribution in [2.45, 2.75) is 13.0 Å². The fourth-order valence-corrected chi connectivity index (χ4v) is 1.32. The second-order valence-electron chi connectivity index (χ2n) is 3.54. The lowest BCUT2D eigenvalue weighted by Gasteiger charge is -2.15. The highest BCUT2D eigenvalue weighted by Gasteiger charge is 2.11. The van der Waals surface area contributed by atoms with Crippen LogP contribution in [0.2, 0.25) is 0 Å². The second-order valence-corrected chi connectivity index (χ2v) is 3.54. The average molecular weight is 254 g/mol. The number of nitriles is 1. The van der Waals surface area contributed by atoms with Gasteiger partial charge in [0.15, 0.2) is 0 Å². The van der Waals surface area contributed by atoms with E-state index in [4.69, 9.17) is 5.26 Å². The van der Waals surface area contributed by atoms with Gasteiger partial charge in [-0.15, -0.1) is 0 Å². The lowest BCUT2D eigenvalue weighted by atomic mass is 10.2. The van der Waals surface area contributed by atoms with Gasteiger partial charge >= 0.3 is 6.61 Å². The summed E-state index contributed by atoms with van der Waals surface area (Å²) in [6, 6.07) is 7.36. The van der Waals surface area contributed by atoms with Crippen molar-refractivity contribution in [3.8, 4) is 11.8 Å². The first kappa shape index (κ1) is 13.9. The first-order valence-electron chi connectivity index (χ1n) is 5.22. The van der Waals surface area contributed by atoms with Gasteiger partial charge in [-0.2, -0.15) is 14.0 Å². The van der Waals surface area contributed by atoms with E-state index in [0.717, 1.165) is 0 Å². The van der Waals surface area contributed by atoms with E-state index in [1.807, 2.05) is 6.07 Å². The van der Waals surface area contributed by atoms with Crippen LogP contribution in [0.4, 0.5) is 8.78 Å². The minimum Gasteiger partial charge on any atom is -0.435 e. The maximum absolute atomic E-state index is 11.9. The van der Waals surface area contributed by atoms with Crippen LogP contribution in [0.5, 0.6) is 5.75 Å². The Kier molecular flexibility index (Phi) is 5.06. The lowest BCUT2D eigenvalue weighted by Crippen LogP contribution is -2.27. The van der Waals surface area contributed by atoms with Crippen LogP contribution in [0.3, 0.4) is 0 Å². The minimum atomic E-state index is -2.88. The van der Waals surface area contributed by atoms with Gasteiger partial charge in [0.2, 0.25) is 0 Å². The van der Waals surface area contributed by atoms with Crippen molar-refractivity contribution in [3.05, 3.63) is 29.8 Å². The van der Waals surface area contributed by atoms with E-state index in [2.05, 4.69) is 4.74 Å². The highest BCUT2D eigenvalue weighted by Crippen LogP contribution is 2.15. The van der Waals surface area contributed by atoms with Crippen molar-refractivity contribution in [3.63, 3.8) is 0 Å². The predicted molar refractivity (Wildman–Crippen MR) is 60.3 cm³/mol. The maximum atomic E-state index is 11.9. The van der Waals surface area contributed by atoms with Crippen LogP contribution in [0, 0.1) is 11.3 Å². The molecule has 0 aromatic heterocycles. The van der Waals surface area contributed by atoms with Crippen LogP contribution in [-0.2, 0) is 0 Å². The third kappa shape index (κ3) is 4.01. The molecule has 1 aromatic rings. The molecule has 0 aliphatic heterocycles. The van der Waals surface area contributed by atoms with Gasteiger partial charge in [-0.05, 0) is 24.3 Å². The second kappa shape index (κ2) is 6.55. The molecular formula is C12H12F2N2O2. The molecule has 0 fully saturated rings. The largest absolute Gasteiger partial charge is 0.435 e. The number of amides is 1. The van der Waals surface area contributed by atoms with Crippen molar-refractivity contribution < 1.29 is 18.3 Å². The minimum absolute atomic E-state index is 0.00114. The molecule has 0 aliphatic rings. The quantitative estimate of drug-likeness (QED) is 0.810. The number of hydrogen-bond acceptors (Lipinski definition) is 3. The Hall–Kier alpha value is -2.16. The van der Waals surface area contributed by atoms with Crippen molar-refractivity contribution in [1.82, 2.24) is 4.90 Å². The molecular weight excluding hydrogens is 242 g/mol. The first-order valence-corrected chi connectivity index (χ1v) is 5.22. The van der Waals surface area contributed by atoms with Crippen molar-refractivity contribution in [2.75, 3.05) is 13.6 Å². The molecule has 0 saturated heterocycles. The molecule has 18 heavy (non-hydrogen) atoms. The number of carbonyl (C=O) groups is 1. The Balaban J connectivity index is 2.67. The van der Waals surface area contributed by atoms with Crippen LogP contribution in [-0.4, -0.2) is 31.0 Å². The molecule has 1 amide bonds. The molecule has 0 unspecified atom stereocenters. The average Bonchev–Trinajstić information content (AvgIpc) is 2.35. The fourth-order valence-electron chi connectivity index (χ4n) is 1.32. The molecule has 0 saturated carbocycles. The molecule has 4 nitrogen and oxygen atoms in total. The van der Waals surface area contributed by atoms with Crippen LogP contribution in [0.25, 0.3) is 0 Å². The van der Waals surface area contributed by atoms with E-state index in [-0.39, 0.29) is 18.1 Å². The number of hydrogen-bond donors (Lipinski definition) is 0. The van der Waals surface area contributed by atoms with Gasteiger partial charge in [0.25, 0.3) is 5.91 Å². The van der Waals surface area contributed by atoms with Gasteiger partial charge in [0.05, 0.1) is 12.5 Å². The summed E-state index contributed by atoms with van der Waals surface area (Å²) >= 11 is 0. The third-order valence-corrected chi connectivity index (χ3v) is 2.23. The lowest BCUT2D eigenvalue weighted by molar-refractivity contribution is -0.0498. The van der Waals surface area contributed by atoms with E-state index in [1.165, 1.54) is 29.2 Å². The Bertz CT molecular complexity index is 440. The predicted octanol–water partition coefficient (Wildman–Crippen LogP) is 2.27. The number of halogens is 2. The zero-order chi connectivity index (χ0) is 13.5. The van der Waals surface area contributed by atoms with E-state index in [0.29, 0.717) is 12.1 Å².